The molecule has 0 aliphatic heterocycles. The fraction of sp³-hybridized carbons (Fsp3) is 0.0526. The minimum absolute atomic E-state index is 0. The van der Waals surface area contributed by atoms with E-state index in [1.54, 1.807) is 17.0 Å². The van der Waals surface area contributed by atoms with E-state index >= 15 is 0 Å². The van der Waals surface area contributed by atoms with Crippen LogP contribution in [0.5, 0.6) is 0 Å². The molecule has 3 aromatic rings. The number of aromatic nitrogens is 1. The van der Waals surface area contributed by atoms with Gasteiger partial charge >= 0.3 is 5.69 Å². The molecule has 0 saturated heterocycles. The van der Waals surface area contributed by atoms with Crippen molar-refractivity contribution in [3.63, 3.8) is 0 Å². The number of nitro groups is 3. The van der Waals surface area contributed by atoms with Crippen LogP contribution in [0.25, 0.3) is 0 Å². The number of non-ortho nitro benzene ring substituents is 2. The molecule has 0 radical (unpaired) electrons. The molecule has 1 N–H and O–H groups in total. The number of pyridine rings is 1. The Morgan fingerprint density at radius 1 is 0.844 bits per heavy atom. The van der Waals surface area contributed by atoms with Gasteiger partial charge in [0.2, 0.25) is 0 Å². The zero-order valence-corrected chi connectivity index (χ0v) is 17.8. The van der Waals surface area contributed by atoms with Crippen LogP contribution < -0.4 is 27.0 Å². The van der Waals surface area contributed by atoms with Gasteiger partial charge in [0.1, 0.15) is 11.4 Å². The Balaban J connectivity index is 0.00000363. The third-order valence-corrected chi connectivity index (χ3v) is 4.22. The van der Waals surface area contributed by atoms with Gasteiger partial charge < -0.3 is 17.0 Å². The second-order valence-corrected chi connectivity index (χ2v) is 6.24. The third-order valence-electron chi connectivity index (χ3n) is 4.22. The summed E-state index contributed by atoms with van der Waals surface area (Å²) < 4.78 is 1.80. The average molecular weight is 503 g/mol. The zero-order chi connectivity index (χ0) is 22.4. The lowest BCUT2D eigenvalue weighted by atomic mass is 10.1. The Kier molecular flexibility index (Phi) is 8.01. The fourth-order valence-electron chi connectivity index (χ4n) is 2.69. The molecule has 0 aliphatic rings. The highest BCUT2D eigenvalue weighted by Crippen LogP contribution is 2.29. The second kappa shape index (κ2) is 10.7. The van der Waals surface area contributed by atoms with Crippen LogP contribution in [0.1, 0.15) is 5.56 Å². The Bertz CT molecular complexity index is 1170. The number of hydrazone groups is 1. The maximum atomic E-state index is 11.3. The quantitative estimate of drug-likeness (QED) is 0.199. The van der Waals surface area contributed by atoms with Crippen LogP contribution in [-0.2, 0) is 6.54 Å². The van der Waals surface area contributed by atoms with Crippen molar-refractivity contribution in [2.24, 2.45) is 5.10 Å². The van der Waals surface area contributed by atoms with Crippen LogP contribution in [0, 0.1) is 30.3 Å². The van der Waals surface area contributed by atoms with Crippen LogP contribution in [0.2, 0.25) is 0 Å². The first-order valence-corrected chi connectivity index (χ1v) is 8.79. The lowest BCUT2D eigenvalue weighted by molar-refractivity contribution is -0.681. The van der Waals surface area contributed by atoms with Crippen molar-refractivity contribution in [2.45, 2.75) is 6.54 Å². The molecule has 0 unspecified atom stereocenters. The third kappa shape index (κ3) is 5.89. The normalized spacial score (nSPS) is 10.7. The number of anilines is 1. The van der Waals surface area contributed by atoms with Gasteiger partial charge in [0.05, 0.1) is 20.8 Å². The van der Waals surface area contributed by atoms with E-state index in [0.717, 1.165) is 12.1 Å². The van der Waals surface area contributed by atoms with Gasteiger partial charge in [-0.1, -0.05) is 6.07 Å². The van der Waals surface area contributed by atoms with Gasteiger partial charge in [-0.25, -0.2) is 0 Å². The van der Waals surface area contributed by atoms with E-state index in [1.807, 2.05) is 18.2 Å². The van der Waals surface area contributed by atoms with Crippen LogP contribution in [0.15, 0.2) is 78.2 Å². The Morgan fingerprint density at radius 2 is 1.44 bits per heavy atom. The highest BCUT2D eigenvalue weighted by molar-refractivity contribution is 6.00. The van der Waals surface area contributed by atoms with Crippen molar-refractivity contribution in [3.8, 4) is 0 Å². The first kappa shape index (κ1) is 24.0. The van der Waals surface area contributed by atoms with Crippen molar-refractivity contribution in [3.05, 3.63) is 109 Å². The van der Waals surface area contributed by atoms with Crippen molar-refractivity contribution >= 4 is 28.5 Å². The molecule has 0 bridgehead atoms. The largest absolute Gasteiger partial charge is 1.00 e. The Morgan fingerprint density at radius 3 is 2.00 bits per heavy atom. The first-order valence-electron chi connectivity index (χ1n) is 8.79. The number of hydrogen-bond acceptors (Lipinski definition) is 8. The van der Waals surface area contributed by atoms with Crippen molar-refractivity contribution in [1.29, 1.82) is 0 Å². The van der Waals surface area contributed by atoms with E-state index in [-0.39, 0.29) is 34.9 Å². The summed E-state index contributed by atoms with van der Waals surface area (Å²) in [5, 5.41) is 37.4. The fourth-order valence-corrected chi connectivity index (χ4v) is 2.69. The molecule has 0 amide bonds. The maximum absolute atomic E-state index is 11.3. The summed E-state index contributed by atoms with van der Waals surface area (Å²) in [6.45, 7) is 0.256. The number of nitro benzene ring substituents is 3. The Labute approximate surface area is 191 Å². The number of nitrogens with zero attached hydrogens (tertiary/aromatic N) is 5. The molecule has 1 aromatic heterocycles. The monoisotopic (exact) mass is 502 g/mol. The van der Waals surface area contributed by atoms with Gasteiger partial charge in [0, 0.05) is 35.9 Å². The molecule has 1 heterocycles. The minimum Gasteiger partial charge on any atom is -1.00 e. The van der Waals surface area contributed by atoms with Gasteiger partial charge in [-0.2, -0.15) is 9.67 Å². The second-order valence-electron chi connectivity index (χ2n) is 6.24. The number of nitrogens with one attached hydrogen (secondary N) is 1. The molecular formula is C19H15BrN6O6. The lowest BCUT2D eigenvalue weighted by Gasteiger charge is -2.07. The molecule has 0 atom stereocenters. The van der Waals surface area contributed by atoms with E-state index in [9.17, 15) is 30.3 Å². The summed E-state index contributed by atoms with van der Waals surface area (Å²) in [5.41, 5.74) is 2.53. The van der Waals surface area contributed by atoms with E-state index in [1.165, 1.54) is 30.3 Å². The highest BCUT2D eigenvalue weighted by Gasteiger charge is 2.20. The number of hydrogen-bond donors (Lipinski definition) is 1. The maximum Gasteiger partial charge on any atom is 0.301 e. The zero-order valence-electron chi connectivity index (χ0n) is 16.2. The Hall–Kier alpha value is -4.26. The molecule has 13 heteroatoms. The first-order chi connectivity index (χ1) is 14.8. The van der Waals surface area contributed by atoms with Crippen molar-refractivity contribution in [1.82, 2.24) is 0 Å². The van der Waals surface area contributed by atoms with E-state index in [0.29, 0.717) is 11.3 Å². The minimum atomic E-state index is -0.748. The number of benzene rings is 2. The lowest BCUT2D eigenvalue weighted by Crippen LogP contribution is -3.00. The van der Waals surface area contributed by atoms with E-state index in [4.69, 9.17) is 0 Å². The van der Waals surface area contributed by atoms with Gasteiger partial charge in [-0.05, 0) is 18.2 Å². The SMILES string of the molecule is O=[N+]([O-])c1ccc(/C(C[n+]2ccccc2)=N\Nc2ccc([N+](=O)[O-])cc2[N+](=O)[O-])cc1.[Br-]. The van der Waals surface area contributed by atoms with Crippen LogP contribution in [0.4, 0.5) is 22.7 Å². The summed E-state index contributed by atoms with van der Waals surface area (Å²) >= 11 is 0. The summed E-state index contributed by atoms with van der Waals surface area (Å²) in [6, 6.07) is 14.3. The summed E-state index contributed by atoms with van der Waals surface area (Å²) in [5.74, 6) is 0. The van der Waals surface area contributed by atoms with Crippen molar-refractivity contribution < 1.29 is 36.3 Å². The van der Waals surface area contributed by atoms with Gasteiger partial charge in [0.25, 0.3) is 11.4 Å². The smallest absolute Gasteiger partial charge is 0.301 e. The highest BCUT2D eigenvalue weighted by atomic mass is 79.9. The molecule has 12 nitrogen and oxygen atoms in total. The van der Waals surface area contributed by atoms with Gasteiger partial charge in [-0.15, -0.1) is 0 Å². The van der Waals surface area contributed by atoms with Crippen LogP contribution >= 0.6 is 0 Å². The molecule has 2 aromatic carbocycles. The summed E-state index contributed by atoms with van der Waals surface area (Å²) in [4.78, 5) is 31.1. The molecule has 0 saturated carbocycles. The molecule has 0 fully saturated rings. The number of halogens is 1. The molecular weight excluding hydrogens is 488 g/mol. The van der Waals surface area contributed by atoms with E-state index < -0.39 is 26.1 Å². The molecule has 3 rings (SSSR count). The van der Waals surface area contributed by atoms with Gasteiger partial charge in [-0.3, -0.25) is 35.8 Å². The molecule has 0 aliphatic carbocycles. The summed E-state index contributed by atoms with van der Waals surface area (Å²) in [7, 11) is 0. The standard InChI is InChI=1S/C19H15N6O6.BrH/c26-23(27)15-6-4-14(5-7-15)18(13-22-10-2-1-3-11-22)21-20-17-9-8-16(24(28)29)12-19(17)25(30)31;/h1-12,20H,13H2;1H/q+1;/p-1/b21-18-;. The van der Waals surface area contributed by atoms with Crippen molar-refractivity contribution in [2.75, 3.05) is 5.43 Å². The topological polar surface area (TPSA) is 158 Å². The molecule has 0 spiro atoms. The predicted octanol–water partition coefficient (Wildman–Crippen LogP) is 0.219. The van der Waals surface area contributed by atoms with E-state index in [2.05, 4.69) is 10.5 Å². The average Bonchev–Trinajstić information content (AvgIpc) is 2.77. The molecule has 32 heavy (non-hydrogen) atoms. The summed E-state index contributed by atoms with van der Waals surface area (Å²) in [6.07, 6.45) is 3.57. The van der Waals surface area contributed by atoms with Gasteiger partial charge in [0.15, 0.2) is 18.9 Å². The van der Waals surface area contributed by atoms with Crippen LogP contribution in [-0.4, -0.2) is 20.5 Å². The molecule has 164 valence electrons. The predicted molar refractivity (Wildman–Crippen MR) is 110 cm³/mol. The van der Waals surface area contributed by atoms with Crippen LogP contribution in [0.3, 0.4) is 0 Å². The number of rotatable bonds is 8.